The normalized spacial score (nSPS) is 11.6. The molecule has 1 aliphatic heterocycles. The van der Waals surface area contributed by atoms with Gasteiger partial charge < -0.3 is 24.8 Å². The van der Waals surface area contributed by atoms with Crippen LogP contribution in [0.1, 0.15) is 17.3 Å². The molecule has 2 aromatic rings. The Labute approximate surface area is 149 Å². The van der Waals surface area contributed by atoms with Crippen molar-refractivity contribution in [2.75, 3.05) is 24.0 Å². The first-order chi connectivity index (χ1) is 12.5. The van der Waals surface area contributed by atoms with Crippen molar-refractivity contribution in [2.45, 2.75) is 6.92 Å². The highest BCUT2D eigenvalue weighted by Crippen LogP contribution is 2.32. The van der Waals surface area contributed by atoms with E-state index in [-0.39, 0.29) is 18.3 Å². The van der Waals surface area contributed by atoms with E-state index < -0.39 is 18.5 Å². The summed E-state index contributed by atoms with van der Waals surface area (Å²) in [4.78, 5) is 35.0. The molecule has 3 rings (SSSR count). The van der Waals surface area contributed by atoms with Crippen LogP contribution >= 0.6 is 0 Å². The summed E-state index contributed by atoms with van der Waals surface area (Å²) in [6.45, 7) is 1.05. The molecule has 1 heterocycles. The SMILES string of the molecule is CC(=O)Nc1cccc(NC(=O)COC(=O)c2ccc3c(c2)OCO3)c1. The number of fused-ring (bicyclic) bond motifs is 1. The number of nitrogens with one attached hydrogen (secondary N) is 2. The molecule has 0 aromatic heterocycles. The van der Waals surface area contributed by atoms with Gasteiger partial charge in [0.1, 0.15) is 0 Å². The van der Waals surface area contributed by atoms with E-state index in [1.807, 2.05) is 0 Å². The lowest BCUT2D eigenvalue weighted by Gasteiger charge is -2.09. The van der Waals surface area contributed by atoms with Crippen molar-refractivity contribution >= 4 is 29.2 Å². The molecule has 8 heteroatoms. The minimum Gasteiger partial charge on any atom is -0.454 e. The monoisotopic (exact) mass is 356 g/mol. The van der Waals surface area contributed by atoms with Gasteiger partial charge in [-0.15, -0.1) is 0 Å². The van der Waals surface area contributed by atoms with Crippen LogP contribution in [-0.2, 0) is 14.3 Å². The summed E-state index contributed by atoms with van der Waals surface area (Å²) in [5.41, 5.74) is 1.28. The summed E-state index contributed by atoms with van der Waals surface area (Å²) in [6.07, 6.45) is 0. The smallest absolute Gasteiger partial charge is 0.338 e. The van der Waals surface area contributed by atoms with Gasteiger partial charge in [0, 0.05) is 18.3 Å². The van der Waals surface area contributed by atoms with Crippen LogP contribution in [0.4, 0.5) is 11.4 Å². The molecule has 0 bridgehead atoms. The Hall–Kier alpha value is -3.55. The van der Waals surface area contributed by atoms with Gasteiger partial charge in [0.25, 0.3) is 5.91 Å². The fourth-order valence-corrected chi connectivity index (χ4v) is 2.31. The molecular formula is C18H16N2O6. The van der Waals surface area contributed by atoms with Crippen LogP contribution in [0.2, 0.25) is 0 Å². The zero-order valence-corrected chi connectivity index (χ0v) is 13.9. The number of ether oxygens (including phenoxy) is 3. The molecule has 0 unspecified atom stereocenters. The van der Waals surface area contributed by atoms with Crippen LogP contribution in [0.5, 0.6) is 11.5 Å². The fraction of sp³-hybridized carbons (Fsp3) is 0.167. The van der Waals surface area contributed by atoms with Gasteiger partial charge in [0.15, 0.2) is 18.1 Å². The number of esters is 1. The van der Waals surface area contributed by atoms with Crippen LogP contribution in [0.15, 0.2) is 42.5 Å². The predicted molar refractivity (Wildman–Crippen MR) is 92.2 cm³/mol. The van der Waals surface area contributed by atoms with Crippen LogP contribution < -0.4 is 20.1 Å². The van der Waals surface area contributed by atoms with E-state index in [1.54, 1.807) is 30.3 Å². The Kier molecular flexibility index (Phi) is 5.02. The summed E-state index contributed by atoms with van der Waals surface area (Å²) in [5, 5.41) is 5.20. The van der Waals surface area contributed by atoms with Gasteiger partial charge >= 0.3 is 5.97 Å². The topological polar surface area (TPSA) is 103 Å². The fourth-order valence-electron chi connectivity index (χ4n) is 2.31. The average molecular weight is 356 g/mol. The van der Waals surface area contributed by atoms with Crippen LogP contribution in [0.25, 0.3) is 0 Å². The summed E-state index contributed by atoms with van der Waals surface area (Å²) in [5.74, 6) is -0.354. The highest BCUT2D eigenvalue weighted by atomic mass is 16.7. The number of hydrogen-bond donors (Lipinski definition) is 2. The second-order valence-corrected chi connectivity index (χ2v) is 5.45. The van der Waals surface area contributed by atoms with Gasteiger partial charge in [-0.2, -0.15) is 0 Å². The molecule has 0 saturated heterocycles. The average Bonchev–Trinajstić information content (AvgIpc) is 3.07. The van der Waals surface area contributed by atoms with Crippen molar-refractivity contribution in [3.05, 3.63) is 48.0 Å². The summed E-state index contributed by atoms with van der Waals surface area (Å²) in [7, 11) is 0. The number of anilines is 2. The number of benzene rings is 2. The van der Waals surface area contributed by atoms with E-state index in [0.29, 0.717) is 22.9 Å². The maximum Gasteiger partial charge on any atom is 0.338 e. The Balaban J connectivity index is 1.54. The van der Waals surface area contributed by atoms with E-state index in [2.05, 4.69) is 10.6 Å². The second kappa shape index (κ2) is 7.56. The maximum atomic E-state index is 12.0. The number of carbonyl (C=O) groups excluding carboxylic acids is 3. The third-order valence-corrected chi connectivity index (χ3v) is 3.41. The Morgan fingerprint density at radius 1 is 1.00 bits per heavy atom. The lowest BCUT2D eigenvalue weighted by atomic mass is 10.2. The molecule has 1 aliphatic rings. The van der Waals surface area contributed by atoms with E-state index in [9.17, 15) is 14.4 Å². The van der Waals surface area contributed by atoms with Crippen molar-refractivity contribution in [2.24, 2.45) is 0 Å². The van der Waals surface area contributed by atoms with Crippen molar-refractivity contribution in [1.29, 1.82) is 0 Å². The number of rotatable bonds is 5. The zero-order chi connectivity index (χ0) is 18.5. The molecule has 0 aliphatic carbocycles. The highest BCUT2D eigenvalue weighted by Gasteiger charge is 2.17. The van der Waals surface area contributed by atoms with Gasteiger partial charge in [-0.3, -0.25) is 9.59 Å². The zero-order valence-electron chi connectivity index (χ0n) is 13.9. The Bertz CT molecular complexity index is 865. The summed E-state index contributed by atoms with van der Waals surface area (Å²) >= 11 is 0. The lowest BCUT2D eigenvalue weighted by molar-refractivity contribution is -0.119. The second-order valence-electron chi connectivity index (χ2n) is 5.45. The van der Waals surface area contributed by atoms with Crippen LogP contribution in [-0.4, -0.2) is 31.2 Å². The van der Waals surface area contributed by atoms with Gasteiger partial charge in [-0.25, -0.2) is 4.79 Å². The quantitative estimate of drug-likeness (QED) is 0.796. The van der Waals surface area contributed by atoms with E-state index in [4.69, 9.17) is 14.2 Å². The van der Waals surface area contributed by atoms with Crippen molar-refractivity contribution in [3.8, 4) is 11.5 Å². The van der Waals surface area contributed by atoms with Gasteiger partial charge in [0.05, 0.1) is 5.56 Å². The van der Waals surface area contributed by atoms with Crippen molar-refractivity contribution in [3.63, 3.8) is 0 Å². The first-order valence-electron chi connectivity index (χ1n) is 7.75. The molecule has 2 amide bonds. The van der Waals surface area contributed by atoms with Crippen molar-refractivity contribution < 1.29 is 28.6 Å². The van der Waals surface area contributed by atoms with Gasteiger partial charge in [-0.05, 0) is 36.4 Å². The van der Waals surface area contributed by atoms with Crippen LogP contribution in [0.3, 0.4) is 0 Å². The van der Waals surface area contributed by atoms with Crippen LogP contribution in [0, 0.1) is 0 Å². The number of hydrogen-bond acceptors (Lipinski definition) is 6. The molecule has 134 valence electrons. The molecule has 0 spiro atoms. The molecule has 8 nitrogen and oxygen atoms in total. The maximum absolute atomic E-state index is 12.0. The number of amides is 2. The molecule has 2 N–H and O–H groups in total. The Morgan fingerprint density at radius 2 is 1.73 bits per heavy atom. The predicted octanol–water partition coefficient (Wildman–Crippen LogP) is 2.17. The third-order valence-electron chi connectivity index (χ3n) is 3.41. The molecule has 26 heavy (non-hydrogen) atoms. The van der Waals surface area contributed by atoms with Gasteiger partial charge in [0.2, 0.25) is 12.7 Å². The number of carbonyl (C=O) groups is 3. The van der Waals surface area contributed by atoms with E-state index >= 15 is 0 Å². The standard InChI is InChI=1S/C18H16N2O6/c1-11(21)19-13-3-2-4-14(8-13)20-17(22)9-24-18(23)12-5-6-15-16(7-12)26-10-25-15/h2-8H,9-10H2,1H3,(H,19,21)(H,20,22). The lowest BCUT2D eigenvalue weighted by Crippen LogP contribution is -2.21. The molecular weight excluding hydrogens is 340 g/mol. The van der Waals surface area contributed by atoms with E-state index in [1.165, 1.54) is 19.1 Å². The minimum absolute atomic E-state index is 0.105. The molecule has 0 atom stereocenters. The molecule has 2 aromatic carbocycles. The minimum atomic E-state index is -0.648. The molecule has 0 radical (unpaired) electrons. The highest BCUT2D eigenvalue weighted by molar-refractivity contribution is 5.96. The molecule has 0 fully saturated rings. The summed E-state index contributed by atoms with van der Waals surface area (Å²) < 4.78 is 15.4. The first-order valence-corrected chi connectivity index (χ1v) is 7.75. The molecule has 0 saturated carbocycles. The Morgan fingerprint density at radius 3 is 2.50 bits per heavy atom. The first kappa shape index (κ1) is 17.3. The summed E-state index contributed by atoms with van der Waals surface area (Å²) in [6, 6.07) is 11.3. The van der Waals surface area contributed by atoms with E-state index in [0.717, 1.165) is 0 Å². The van der Waals surface area contributed by atoms with Crippen molar-refractivity contribution in [1.82, 2.24) is 0 Å². The van der Waals surface area contributed by atoms with Gasteiger partial charge in [-0.1, -0.05) is 6.07 Å². The largest absolute Gasteiger partial charge is 0.454 e. The third kappa shape index (κ3) is 4.29.